The van der Waals surface area contributed by atoms with Crippen LogP contribution in [0.1, 0.15) is 18.5 Å². The number of benzene rings is 1. The second-order valence-corrected chi connectivity index (χ2v) is 9.21. The molecule has 2 bridgehead atoms. The number of aromatic nitrogens is 5. The van der Waals surface area contributed by atoms with Crippen molar-refractivity contribution in [1.29, 1.82) is 0 Å². The molecule has 180 valence electrons. The minimum atomic E-state index is -0.504. The first-order valence-corrected chi connectivity index (χ1v) is 11.7. The zero-order valence-corrected chi connectivity index (χ0v) is 19.9. The van der Waals surface area contributed by atoms with Crippen LogP contribution < -0.4 is 15.0 Å². The fourth-order valence-electron chi connectivity index (χ4n) is 4.84. The fraction of sp³-hybridized carbons (Fsp3) is 0.478. The molecule has 3 heterocycles. The van der Waals surface area contributed by atoms with Gasteiger partial charge in [0.05, 0.1) is 18.2 Å². The SMILES string of the molecule is COCCn1nc(NC2[C@@H]3CC[C@@H]2CN(c2cc(C)ncn2)C3)nc1Oc1ccc(F)c(Cl)c1. The van der Waals surface area contributed by atoms with E-state index >= 15 is 0 Å². The molecule has 1 saturated carbocycles. The highest BCUT2D eigenvalue weighted by Gasteiger charge is 2.43. The molecule has 0 unspecified atom stereocenters. The molecular weight excluding hydrogens is 461 g/mol. The number of hydrogen-bond donors (Lipinski definition) is 1. The van der Waals surface area contributed by atoms with Crippen molar-refractivity contribution in [2.24, 2.45) is 11.8 Å². The maximum Gasteiger partial charge on any atom is 0.322 e. The van der Waals surface area contributed by atoms with Crippen LogP contribution in [0.2, 0.25) is 5.02 Å². The molecule has 9 nitrogen and oxygen atoms in total. The Balaban J connectivity index is 1.31. The third kappa shape index (κ3) is 4.78. The van der Waals surface area contributed by atoms with Crippen molar-refractivity contribution in [3.63, 3.8) is 0 Å². The fourth-order valence-corrected chi connectivity index (χ4v) is 5.01. The highest BCUT2D eigenvalue weighted by molar-refractivity contribution is 6.30. The number of nitrogens with zero attached hydrogens (tertiary/aromatic N) is 6. The zero-order valence-electron chi connectivity index (χ0n) is 19.1. The van der Waals surface area contributed by atoms with Crippen LogP contribution in [0.15, 0.2) is 30.6 Å². The molecule has 0 radical (unpaired) electrons. The van der Waals surface area contributed by atoms with Crippen LogP contribution >= 0.6 is 11.6 Å². The van der Waals surface area contributed by atoms with Crippen LogP contribution in [-0.2, 0) is 11.3 Å². The molecule has 2 aromatic heterocycles. The van der Waals surface area contributed by atoms with E-state index in [1.54, 1.807) is 18.1 Å². The molecule has 0 spiro atoms. The highest BCUT2D eigenvalue weighted by Crippen LogP contribution is 2.40. The van der Waals surface area contributed by atoms with Gasteiger partial charge in [-0.1, -0.05) is 11.6 Å². The quantitative estimate of drug-likeness (QED) is 0.511. The molecule has 34 heavy (non-hydrogen) atoms. The third-order valence-electron chi connectivity index (χ3n) is 6.49. The number of halogens is 2. The number of aryl methyl sites for hydroxylation is 1. The molecule has 1 saturated heterocycles. The van der Waals surface area contributed by atoms with Gasteiger partial charge in [-0.25, -0.2) is 19.0 Å². The maximum absolute atomic E-state index is 13.5. The van der Waals surface area contributed by atoms with Gasteiger partial charge in [0.15, 0.2) is 0 Å². The molecule has 1 aliphatic heterocycles. The Kier molecular flexibility index (Phi) is 6.51. The molecule has 2 atom stereocenters. The lowest BCUT2D eigenvalue weighted by Crippen LogP contribution is -2.48. The van der Waals surface area contributed by atoms with Crippen LogP contribution in [0.3, 0.4) is 0 Å². The lowest BCUT2D eigenvalue weighted by atomic mass is 9.92. The van der Waals surface area contributed by atoms with Crippen LogP contribution in [0.4, 0.5) is 16.2 Å². The maximum atomic E-state index is 13.5. The minimum absolute atomic E-state index is 0.0129. The second-order valence-electron chi connectivity index (χ2n) is 8.80. The van der Waals surface area contributed by atoms with Gasteiger partial charge in [0, 0.05) is 44.1 Å². The number of fused-ring (bicyclic) bond motifs is 2. The summed E-state index contributed by atoms with van der Waals surface area (Å²) in [6, 6.07) is 6.79. The van der Waals surface area contributed by atoms with Crippen LogP contribution in [-0.4, -0.2) is 57.6 Å². The van der Waals surface area contributed by atoms with Crippen LogP contribution in [0.5, 0.6) is 11.8 Å². The monoisotopic (exact) mass is 487 g/mol. The number of anilines is 2. The first-order valence-electron chi connectivity index (χ1n) is 11.4. The minimum Gasteiger partial charge on any atom is -0.424 e. The summed E-state index contributed by atoms with van der Waals surface area (Å²) >= 11 is 5.90. The largest absolute Gasteiger partial charge is 0.424 e. The summed E-state index contributed by atoms with van der Waals surface area (Å²) in [6.07, 6.45) is 3.92. The van der Waals surface area contributed by atoms with Gasteiger partial charge in [0.25, 0.3) is 0 Å². The van der Waals surface area contributed by atoms with E-state index in [9.17, 15) is 4.39 Å². The number of hydrogen-bond acceptors (Lipinski definition) is 8. The molecule has 1 aromatic carbocycles. The summed E-state index contributed by atoms with van der Waals surface area (Å²) in [6.45, 7) is 4.75. The molecule has 11 heteroatoms. The topological polar surface area (TPSA) is 90.2 Å². The van der Waals surface area contributed by atoms with E-state index in [4.69, 9.17) is 21.1 Å². The van der Waals surface area contributed by atoms with Crippen molar-refractivity contribution in [2.45, 2.75) is 32.4 Å². The third-order valence-corrected chi connectivity index (χ3v) is 6.78. The summed E-state index contributed by atoms with van der Waals surface area (Å²) in [5, 5.41) is 8.16. The molecule has 3 aromatic rings. The normalized spacial score (nSPS) is 21.6. The van der Waals surface area contributed by atoms with Gasteiger partial charge in [0.1, 0.15) is 23.7 Å². The molecule has 5 rings (SSSR count). The Morgan fingerprint density at radius 2 is 1.97 bits per heavy atom. The summed E-state index contributed by atoms with van der Waals surface area (Å²) in [4.78, 5) is 15.6. The van der Waals surface area contributed by atoms with Crippen molar-refractivity contribution in [3.8, 4) is 11.8 Å². The Morgan fingerprint density at radius 3 is 2.68 bits per heavy atom. The van der Waals surface area contributed by atoms with Crippen molar-refractivity contribution >= 4 is 23.4 Å². The average molecular weight is 488 g/mol. The lowest BCUT2D eigenvalue weighted by molar-refractivity contribution is 0.179. The smallest absolute Gasteiger partial charge is 0.322 e. The number of rotatable bonds is 8. The van der Waals surface area contributed by atoms with Gasteiger partial charge in [-0.3, -0.25) is 0 Å². The average Bonchev–Trinajstić information content (AvgIpc) is 3.29. The molecule has 1 aliphatic carbocycles. The number of ether oxygens (including phenoxy) is 2. The molecule has 0 amide bonds. The van der Waals surface area contributed by atoms with E-state index in [2.05, 4.69) is 30.3 Å². The van der Waals surface area contributed by atoms with E-state index in [-0.39, 0.29) is 11.1 Å². The number of piperidine rings is 1. The Hall–Kier alpha value is -2.98. The standard InChI is InChI=1S/C23H27ClFN7O2/c1-14-9-20(27-13-26-14)31-11-15-3-4-16(12-31)21(15)28-22-29-23(32(30-22)7-8-33-2)34-17-5-6-19(25)18(24)10-17/h5-6,9-10,13,15-16,21H,3-4,7-8,11-12H2,1-2H3,(H,28,30)/t15-,16-/m1/s1. The Labute approximate surface area is 202 Å². The summed E-state index contributed by atoms with van der Waals surface area (Å²) in [5.74, 6) is 2.29. The van der Waals surface area contributed by atoms with Crippen molar-refractivity contribution in [3.05, 3.63) is 47.1 Å². The van der Waals surface area contributed by atoms with Crippen molar-refractivity contribution in [1.82, 2.24) is 24.7 Å². The summed E-state index contributed by atoms with van der Waals surface area (Å²) in [5.41, 5.74) is 0.971. The lowest BCUT2D eigenvalue weighted by Gasteiger charge is -2.38. The van der Waals surface area contributed by atoms with Crippen LogP contribution in [0.25, 0.3) is 0 Å². The highest BCUT2D eigenvalue weighted by atomic mass is 35.5. The van der Waals surface area contributed by atoms with Gasteiger partial charge in [-0.15, -0.1) is 5.10 Å². The number of nitrogens with one attached hydrogen (secondary N) is 1. The molecule has 2 aliphatic rings. The van der Waals surface area contributed by atoms with E-state index in [1.807, 2.05) is 13.0 Å². The predicted molar refractivity (Wildman–Crippen MR) is 126 cm³/mol. The van der Waals surface area contributed by atoms with E-state index in [0.717, 1.165) is 37.4 Å². The summed E-state index contributed by atoms with van der Waals surface area (Å²) < 4.78 is 26.3. The van der Waals surface area contributed by atoms with Crippen molar-refractivity contribution in [2.75, 3.05) is 37.0 Å². The van der Waals surface area contributed by atoms with Crippen molar-refractivity contribution < 1.29 is 13.9 Å². The van der Waals surface area contributed by atoms with E-state index < -0.39 is 5.82 Å². The van der Waals surface area contributed by atoms with Gasteiger partial charge in [-0.2, -0.15) is 4.98 Å². The summed E-state index contributed by atoms with van der Waals surface area (Å²) in [7, 11) is 1.63. The molecule has 1 N–H and O–H groups in total. The van der Waals surface area contributed by atoms with E-state index in [1.165, 1.54) is 18.2 Å². The Morgan fingerprint density at radius 1 is 1.18 bits per heavy atom. The van der Waals surface area contributed by atoms with Crippen LogP contribution in [0, 0.1) is 24.6 Å². The predicted octanol–water partition coefficient (Wildman–Crippen LogP) is 3.93. The molecular formula is C23H27ClFN7O2. The molecule has 2 fully saturated rings. The number of methoxy groups -OCH3 is 1. The van der Waals surface area contributed by atoms with Gasteiger partial charge < -0.3 is 19.7 Å². The first-order chi connectivity index (χ1) is 16.5. The van der Waals surface area contributed by atoms with Gasteiger partial charge in [0.2, 0.25) is 5.95 Å². The second kappa shape index (κ2) is 9.71. The Bertz CT molecular complexity index is 1150. The van der Waals surface area contributed by atoms with Gasteiger partial charge in [-0.05, 0) is 43.7 Å². The zero-order chi connectivity index (χ0) is 23.7. The van der Waals surface area contributed by atoms with Gasteiger partial charge >= 0.3 is 6.01 Å². The van der Waals surface area contributed by atoms with E-state index in [0.29, 0.717) is 42.7 Å². The first kappa shape index (κ1) is 22.8.